The number of nitrogens with zero attached hydrogens (tertiary/aromatic N) is 3. The highest BCUT2D eigenvalue weighted by molar-refractivity contribution is 7.13. The minimum atomic E-state index is -0.260. The molecule has 0 spiro atoms. The Balaban J connectivity index is 1.16. The average Bonchev–Trinajstić information content (AvgIpc) is 3.46. The highest BCUT2D eigenvalue weighted by Gasteiger charge is 2.46. The van der Waals surface area contributed by atoms with Gasteiger partial charge < -0.3 is 9.80 Å². The lowest BCUT2D eigenvalue weighted by atomic mass is 10.1. The van der Waals surface area contributed by atoms with Gasteiger partial charge in [-0.25, -0.2) is 9.37 Å². The molecule has 1 aliphatic heterocycles. The fourth-order valence-electron chi connectivity index (χ4n) is 4.16. The van der Waals surface area contributed by atoms with Crippen LogP contribution in [0.15, 0.2) is 60.0 Å². The molecule has 2 heterocycles. The van der Waals surface area contributed by atoms with Crippen LogP contribution in [-0.4, -0.2) is 52.8 Å². The van der Waals surface area contributed by atoms with Crippen LogP contribution < -0.4 is 0 Å². The van der Waals surface area contributed by atoms with Gasteiger partial charge in [0.25, 0.3) is 5.91 Å². The van der Waals surface area contributed by atoms with Gasteiger partial charge in [-0.1, -0.05) is 42.5 Å². The van der Waals surface area contributed by atoms with Gasteiger partial charge in [0.05, 0.1) is 0 Å². The van der Waals surface area contributed by atoms with E-state index in [1.165, 1.54) is 23.5 Å². The van der Waals surface area contributed by atoms with Crippen molar-refractivity contribution in [2.75, 3.05) is 26.2 Å². The lowest BCUT2D eigenvalue weighted by molar-refractivity contribution is -0.134. The van der Waals surface area contributed by atoms with Crippen LogP contribution in [0.25, 0.3) is 10.6 Å². The molecule has 31 heavy (non-hydrogen) atoms. The minimum absolute atomic E-state index is 0.0281. The smallest absolute Gasteiger partial charge is 0.273 e. The van der Waals surface area contributed by atoms with Gasteiger partial charge in [0.1, 0.15) is 16.5 Å². The van der Waals surface area contributed by atoms with Crippen LogP contribution in [0.5, 0.6) is 0 Å². The van der Waals surface area contributed by atoms with Crippen molar-refractivity contribution in [1.82, 2.24) is 14.8 Å². The van der Waals surface area contributed by atoms with E-state index in [1.807, 2.05) is 35.2 Å². The summed E-state index contributed by atoms with van der Waals surface area (Å²) in [5, 5.41) is 2.64. The molecule has 3 aromatic rings. The topological polar surface area (TPSA) is 53.5 Å². The maximum atomic E-state index is 13.1. The molecule has 5 nitrogen and oxygen atoms in total. The number of amides is 2. The van der Waals surface area contributed by atoms with Crippen molar-refractivity contribution in [1.29, 1.82) is 0 Å². The van der Waals surface area contributed by atoms with Gasteiger partial charge >= 0.3 is 0 Å². The van der Waals surface area contributed by atoms with E-state index in [4.69, 9.17) is 0 Å². The normalized spacial score (nSPS) is 20.5. The average molecular weight is 436 g/mol. The third-order valence-electron chi connectivity index (χ3n) is 6.03. The Morgan fingerprint density at radius 2 is 1.61 bits per heavy atom. The van der Waals surface area contributed by atoms with E-state index >= 15 is 0 Å². The van der Waals surface area contributed by atoms with Crippen LogP contribution in [0.2, 0.25) is 0 Å². The standard InChI is InChI=1S/C24H22FN3O2S/c25-18-8-6-16(7-9-18)19-14-20(19)23(29)27-10-12-28(13-11-27)24(30)21-15-31-22(26-21)17-4-2-1-3-5-17/h1-9,15,19-20H,10-14H2/t19-,20+/m1/s1. The zero-order valence-corrected chi connectivity index (χ0v) is 17.7. The van der Waals surface area contributed by atoms with Crippen molar-refractivity contribution in [3.05, 3.63) is 77.1 Å². The van der Waals surface area contributed by atoms with Crippen molar-refractivity contribution in [3.8, 4) is 10.6 Å². The molecule has 2 amide bonds. The van der Waals surface area contributed by atoms with Crippen LogP contribution >= 0.6 is 11.3 Å². The number of aromatic nitrogens is 1. The second-order valence-electron chi connectivity index (χ2n) is 8.02. The van der Waals surface area contributed by atoms with Crippen molar-refractivity contribution < 1.29 is 14.0 Å². The van der Waals surface area contributed by atoms with Gasteiger partial charge in [0.15, 0.2) is 0 Å². The number of halogens is 1. The predicted molar refractivity (Wildman–Crippen MR) is 117 cm³/mol. The monoisotopic (exact) mass is 435 g/mol. The number of rotatable bonds is 4. The molecule has 0 unspecified atom stereocenters. The van der Waals surface area contributed by atoms with E-state index in [-0.39, 0.29) is 29.5 Å². The highest BCUT2D eigenvalue weighted by atomic mass is 32.1. The lowest BCUT2D eigenvalue weighted by Gasteiger charge is -2.34. The number of carbonyl (C=O) groups is 2. The van der Waals surface area contributed by atoms with Crippen LogP contribution in [0.3, 0.4) is 0 Å². The molecule has 158 valence electrons. The molecule has 2 atom stereocenters. The fourth-order valence-corrected chi connectivity index (χ4v) is 4.96. The molecule has 2 aliphatic rings. The van der Waals surface area contributed by atoms with Crippen molar-refractivity contribution in [2.45, 2.75) is 12.3 Å². The molecule has 1 aromatic heterocycles. The molecule has 0 radical (unpaired) electrons. The molecule has 7 heteroatoms. The first-order valence-electron chi connectivity index (χ1n) is 10.4. The SMILES string of the molecule is O=C(c1csc(-c2ccccc2)n1)N1CCN(C(=O)[C@H]2C[C@@H]2c2ccc(F)cc2)CC1. The third kappa shape index (κ3) is 4.10. The second-order valence-corrected chi connectivity index (χ2v) is 8.88. The summed E-state index contributed by atoms with van der Waals surface area (Å²) in [6.07, 6.45) is 0.810. The molecule has 5 rings (SSSR count). The number of hydrogen-bond donors (Lipinski definition) is 0. The zero-order chi connectivity index (χ0) is 21.4. The highest BCUT2D eigenvalue weighted by Crippen LogP contribution is 2.48. The first-order chi connectivity index (χ1) is 15.1. The van der Waals surface area contributed by atoms with E-state index in [1.54, 1.807) is 22.4 Å². The zero-order valence-electron chi connectivity index (χ0n) is 16.9. The maximum absolute atomic E-state index is 13.1. The second kappa shape index (κ2) is 8.23. The molecule has 0 bridgehead atoms. The Morgan fingerprint density at radius 1 is 0.935 bits per heavy atom. The van der Waals surface area contributed by atoms with Crippen molar-refractivity contribution in [3.63, 3.8) is 0 Å². The minimum Gasteiger partial charge on any atom is -0.339 e. The molecule has 2 aromatic carbocycles. The van der Waals surface area contributed by atoms with Crippen LogP contribution in [0, 0.1) is 11.7 Å². The van der Waals surface area contributed by atoms with E-state index in [0.717, 1.165) is 22.6 Å². The van der Waals surface area contributed by atoms with E-state index in [9.17, 15) is 14.0 Å². The van der Waals surface area contributed by atoms with E-state index in [0.29, 0.717) is 31.9 Å². The van der Waals surface area contributed by atoms with Gasteiger partial charge in [-0.2, -0.15) is 0 Å². The molecule has 1 aliphatic carbocycles. The van der Waals surface area contributed by atoms with E-state index < -0.39 is 0 Å². The maximum Gasteiger partial charge on any atom is 0.273 e. The molecular formula is C24H22FN3O2S. The first-order valence-corrected chi connectivity index (χ1v) is 11.3. The number of piperazine rings is 1. The third-order valence-corrected chi connectivity index (χ3v) is 6.92. The summed E-state index contributed by atoms with van der Waals surface area (Å²) in [7, 11) is 0. The number of thiazole rings is 1. The summed E-state index contributed by atoms with van der Waals surface area (Å²) < 4.78 is 13.1. The molecule has 2 fully saturated rings. The van der Waals surface area contributed by atoms with Crippen molar-refractivity contribution in [2.24, 2.45) is 5.92 Å². The van der Waals surface area contributed by atoms with Gasteiger partial charge in [0, 0.05) is 43.0 Å². The Hall–Kier alpha value is -3.06. The van der Waals surface area contributed by atoms with Gasteiger partial charge in [0.2, 0.25) is 5.91 Å². The summed E-state index contributed by atoms with van der Waals surface area (Å²) in [5.74, 6) is -0.0505. The fraction of sp³-hybridized carbons (Fsp3) is 0.292. The number of benzene rings is 2. The Kier molecular flexibility index (Phi) is 5.28. The summed E-state index contributed by atoms with van der Waals surface area (Å²) in [6, 6.07) is 16.2. The van der Waals surface area contributed by atoms with Crippen LogP contribution in [0.4, 0.5) is 4.39 Å². The van der Waals surface area contributed by atoms with Crippen LogP contribution in [0.1, 0.15) is 28.4 Å². The Labute approximate surface area is 184 Å². The Bertz CT molecular complexity index is 1090. The van der Waals surface area contributed by atoms with Gasteiger partial charge in [-0.15, -0.1) is 11.3 Å². The van der Waals surface area contributed by atoms with Crippen LogP contribution in [-0.2, 0) is 4.79 Å². The summed E-state index contributed by atoms with van der Waals surface area (Å²) in [5.41, 5.74) is 2.48. The lowest BCUT2D eigenvalue weighted by Crippen LogP contribution is -2.51. The molecule has 1 saturated heterocycles. The van der Waals surface area contributed by atoms with Gasteiger partial charge in [-0.3, -0.25) is 9.59 Å². The summed E-state index contributed by atoms with van der Waals surface area (Å²) in [4.78, 5) is 33.9. The molecule has 1 saturated carbocycles. The number of carbonyl (C=O) groups excluding carboxylic acids is 2. The molecule has 0 N–H and O–H groups in total. The summed E-state index contributed by atoms with van der Waals surface area (Å²) >= 11 is 1.46. The quantitative estimate of drug-likeness (QED) is 0.622. The van der Waals surface area contributed by atoms with E-state index in [2.05, 4.69) is 4.98 Å². The predicted octanol–water partition coefficient (Wildman–Crippen LogP) is 4.04. The first kappa shape index (κ1) is 19.9. The largest absolute Gasteiger partial charge is 0.339 e. The summed E-state index contributed by atoms with van der Waals surface area (Å²) in [6.45, 7) is 2.09. The van der Waals surface area contributed by atoms with Crippen molar-refractivity contribution >= 4 is 23.2 Å². The molecular weight excluding hydrogens is 413 g/mol. The number of hydrogen-bond acceptors (Lipinski definition) is 4. The van der Waals surface area contributed by atoms with Gasteiger partial charge in [-0.05, 0) is 30.0 Å². The Morgan fingerprint density at radius 3 is 2.32 bits per heavy atom.